The van der Waals surface area contributed by atoms with Crippen molar-refractivity contribution >= 4 is 52.2 Å². The normalized spacial score (nSPS) is 12.3. The van der Waals surface area contributed by atoms with Crippen LogP contribution in [0.3, 0.4) is 0 Å². The number of hydrogen-bond acceptors (Lipinski definition) is 6. The van der Waals surface area contributed by atoms with Crippen LogP contribution in [-0.4, -0.2) is 27.6 Å². The number of benzene rings is 2. The molecule has 36 heavy (non-hydrogen) atoms. The SMILES string of the molecule is CC(C)c1ccc(N(C(=O)c2snc(C(N)=O)c2N)C(C(=O)NC(C)(C)C)c2ccc(Cl)cc2)cc1. The van der Waals surface area contributed by atoms with E-state index in [1.54, 1.807) is 36.4 Å². The molecule has 3 aromatic rings. The zero-order valence-corrected chi connectivity index (χ0v) is 22.4. The van der Waals surface area contributed by atoms with Crippen molar-refractivity contribution in [3.8, 4) is 0 Å². The lowest BCUT2D eigenvalue weighted by molar-refractivity contribution is -0.123. The first kappa shape index (κ1) is 27.2. The van der Waals surface area contributed by atoms with Crippen LogP contribution in [0.2, 0.25) is 5.02 Å². The van der Waals surface area contributed by atoms with Crippen molar-refractivity contribution in [3.05, 3.63) is 75.3 Å². The summed E-state index contributed by atoms with van der Waals surface area (Å²) >= 11 is 6.87. The molecular weight excluding hydrogens is 498 g/mol. The van der Waals surface area contributed by atoms with Crippen molar-refractivity contribution < 1.29 is 14.4 Å². The summed E-state index contributed by atoms with van der Waals surface area (Å²) < 4.78 is 3.97. The lowest BCUT2D eigenvalue weighted by atomic mass is 9.99. The molecule has 0 saturated heterocycles. The van der Waals surface area contributed by atoms with E-state index in [1.165, 1.54) is 4.90 Å². The van der Waals surface area contributed by atoms with Crippen LogP contribution in [0.5, 0.6) is 0 Å². The van der Waals surface area contributed by atoms with Crippen molar-refractivity contribution in [2.75, 3.05) is 10.6 Å². The van der Waals surface area contributed by atoms with Crippen LogP contribution < -0.4 is 21.7 Å². The van der Waals surface area contributed by atoms with E-state index in [1.807, 2.05) is 32.9 Å². The van der Waals surface area contributed by atoms with E-state index in [4.69, 9.17) is 23.1 Å². The number of amides is 3. The molecule has 5 N–H and O–H groups in total. The monoisotopic (exact) mass is 527 g/mol. The molecule has 0 fully saturated rings. The lowest BCUT2D eigenvalue weighted by Gasteiger charge is -2.33. The molecule has 1 aromatic heterocycles. The topological polar surface area (TPSA) is 131 Å². The van der Waals surface area contributed by atoms with Crippen molar-refractivity contribution in [1.29, 1.82) is 0 Å². The predicted octanol–water partition coefficient (Wildman–Crippen LogP) is 4.90. The van der Waals surface area contributed by atoms with E-state index in [0.29, 0.717) is 16.3 Å². The molecule has 0 bridgehead atoms. The van der Waals surface area contributed by atoms with E-state index < -0.39 is 29.3 Å². The molecule has 8 nitrogen and oxygen atoms in total. The summed E-state index contributed by atoms with van der Waals surface area (Å²) in [5, 5.41) is 3.46. The quantitative estimate of drug-likeness (QED) is 0.402. The number of aromatic nitrogens is 1. The van der Waals surface area contributed by atoms with Gasteiger partial charge in [0.1, 0.15) is 10.9 Å². The molecule has 3 rings (SSSR count). The summed E-state index contributed by atoms with van der Waals surface area (Å²) in [5.74, 6) is -1.55. The van der Waals surface area contributed by atoms with Crippen LogP contribution in [0.4, 0.5) is 11.4 Å². The summed E-state index contributed by atoms with van der Waals surface area (Å²) in [6.45, 7) is 9.69. The van der Waals surface area contributed by atoms with Gasteiger partial charge in [0, 0.05) is 16.2 Å². The number of carbonyl (C=O) groups is 3. The summed E-state index contributed by atoms with van der Waals surface area (Å²) in [7, 11) is 0. The predicted molar refractivity (Wildman–Crippen MR) is 144 cm³/mol. The lowest BCUT2D eigenvalue weighted by Crippen LogP contribution is -2.49. The molecule has 0 saturated carbocycles. The van der Waals surface area contributed by atoms with Gasteiger partial charge in [-0.15, -0.1) is 0 Å². The van der Waals surface area contributed by atoms with Crippen molar-refractivity contribution in [3.63, 3.8) is 0 Å². The molecule has 3 amide bonds. The third-order valence-corrected chi connectivity index (χ3v) is 6.51. The Morgan fingerprint density at radius 3 is 2.03 bits per heavy atom. The zero-order valence-electron chi connectivity index (χ0n) is 20.8. The summed E-state index contributed by atoms with van der Waals surface area (Å²) in [6, 6.07) is 13.0. The third kappa shape index (κ3) is 6.03. The fraction of sp³-hybridized carbons (Fsp3) is 0.308. The number of halogens is 1. The number of nitrogen functional groups attached to an aromatic ring is 1. The third-order valence-electron chi connectivity index (χ3n) is 5.40. The first-order chi connectivity index (χ1) is 16.8. The van der Waals surface area contributed by atoms with E-state index in [2.05, 4.69) is 23.5 Å². The zero-order chi connectivity index (χ0) is 26.8. The highest BCUT2D eigenvalue weighted by atomic mass is 35.5. The van der Waals surface area contributed by atoms with Gasteiger partial charge in [-0.1, -0.05) is 49.7 Å². The second kappa shape index (κ2) is 10.7. The number of hydrogen-bond donors (Lipinski definition) is 3. The van der Waals surface area contributed by atoms with Crippen LogP contribution in [0.15, 0.2) is 48.5 Å². The van der Waals surface area contributed by atoms with E-state index in [9.17, 15) is 14.4 Å². The Bertz CT molecular complexity index is 1260. The smallest absolute Gasteiger partial charge is 0.273 e. The molecule has 0 aliphatic carbocycles. The van der Waals surface area contributed by atoms with Gasteiger partial charge in [-0.3, -0.25) is 19.3 Å². The largest absolute Gasteiger partial charge is 0.395 e. The maximum Gasteiger partial charge on any atom is 0.273 e. The van der Waals surface area contributed by atoms with Crippen molar-refractivity contribution in [1.82, 2.24) is 9.69 Å². The van der Waals surface area contributed by atoms with Gasteiger partial charge in [0.25, 0.3) is 11.8 Å². The molecule has 0 radical (unpaired) electrons. The van der Waals surface area contributed by atoms with E-state index >= 15 is 0 Å². The number of nitrogens with one attached hydrogen (secondary N) is 1. The maximum atomic E-state index is 14.0. The molecule has 0 aliphatic rings. The Kier molecular flexibility index (Phi) is 8.05. The number of nitrogens with zero attached hydrogens (tertiary/aromatic N) is 2. The second-order valence-corrected chi connectivity index (χ2v) is 11.0. The van der Waals surface area contributed by atoms with Crippen LogP contribution in [-0.2, 0) is 4.79 Å². The van der Waals surface area contributed by atoms with Gasteiger partial charge in [0.2, 0.25) is 5.91 Å². The average molecular weight is 528 g/mol. The fourth-order valence-corrected chi connectivity index (χ4v) is 4.51. The van der Waals surface area contributed by atoms with Crippen LogP contribution >= 0.6 is 23.1 Å². The van der Waals surface area contributed by atoms with Gasteiger partial charge < -0.3 is 16.8 Å². The molecule has 1 heterocycles. The molecule has 10 heteroatoms. The minimum Gasteiger partial charge on any atom is -0.395 e. The average Bonchev–Trinajstić information content (AvgIpc) is 3.18. The van der Waals surface area contributed by atoms with E-state index in [0.717, 1.165) is 17.1 Å². The minimum absolute atomic E-state index is 0.0132. The standard InChI is InChI=1S/C26H30ClN5O3S/c1-14(2)15-8-12-18(13-9-15)32(25(35)22-19(28)20(23(29)33)31-36-22)21(24(34)30-26(3,4)5)16-6-10-17(27)11-7-16/h6-14,21H,28H2,1-5H3,(H2,29,33)(H,30,34). The maximum absolute atomic E-state index is 14.0. The van der Waals surface area contributed by atoms with Crippen molar-refractivity contribution in [2.24, 2.45) is 5.73 Å². The molecular formula is C26H30ClN5O3S. The highest BCUT2D eigenvalue weighted by Gasteiger charge is 2.37. The van der Waals surface area contributed by atoms with Crippen LogP contribution in [0.1, 0.15) is 77.9 Å². The number of carbonyl (C=O) groups excluding carboxylic acids is 3. The highest BCUT2D eigenvalue weighted by Crippen LogP contribution is 2.34. The van der Waals surface area contributed by atoms with Gasteiger partial charge >= 0.3 is 0 Å². The van der Waals surface area contributed by atoms with Crippen LogP contribution in [0.25, 0.3) is 0 Å². The van der Waals surface area contributed by atoms with Gasteiger partial charge in [0.05, 0.1) is 5.69 Å². The second-order valence-electron chi connectivity index (χ2n) is 9.75. The molecule has 0 spiro atoms. The Hall–Kier alpha value is -3.43. The van der Waals surface area contributed by atoms with Crippen molar-refractivity contribution in [2.45, 2.75) is 52.1 Å². The Morgan fingerprint density at radius 1 is 1.00 bits per heavy atom. The van der Waals surface area contributed by atoms with Gasteiger partial charge in [-0.05, 0) is 73.6 Å². The Morgan fingerprint density at radius 2 is 1.56 bits per heavy atom. The molecule has 1 unspecified atom stereocenters. The van der Waals surface area contributed by atoms with Gasteiger partial charge in [0.15, 0.2) is 5.69 Å². The molecule has 190 valence electrons. The number of nitrogens with two attached hydrogens (primary N) is 2. The first-order valence-electron chi connectivity index (χ1n) is 11.4. The summed E-state index contributed by atoms with van der Waals surface area (Å²) in [5.41, 5.74) is 12.7. The molecule has 0 aliphatic heterocycles. The number of primary amides is 1. The molecule has 1 atom stereocenters. The summed E-state index contributed by atoms with van der Waals surface area (Å²) in [6.07, 6.45) is 0. The van der Waals surface area contributed by atoms with Gasteiger partial charge in [-0.25, -0.2) is 0 Å². The minimum atomic E-state index is -1.07. The fourth-order valence-electron chi connectivity index (χ4n) is 3.64. The number of anilines is 2. The summed E-state index contributed by atoms with van der Waals surface area (Å²) in [4.78, 5) is 40.9. The first-order valence-corrected chi connectivity index (χ1v) is 12.5. The highest BCUT2D eigenvalue weighted by molar-refractivity contribution is 7.09. The van der Waals surface area contributed by atoms with E-state index in [-0.39, 0.29) is 22.2 Å². The Balaban J connectivity index is 2.23. The van der Waals surface area contributed by atoms with Gasteiger partial charge in [-0.2, -0.15) is 4.37 Å². The number of rotatable bonds is 7. The van der Waals surface area contributed by atoms with Crippen LogP contribution in [0, 0.1) is 0 Å². The Labute approximate surface area is 219 Å². The molecule has 2 aromatic carbocycles.